The summed E-state index contributed by atoms with van der Waals surface area (Å²) in [6, 6.07) is 17.5. The van der Waals surface area contributed by atoms with E-state index >= 15 is 0 Å². The maximum atomic E-state index is 10.8. The Balaban J connectivity index is 1.42. The second-order valence-corrected chi connectivity index (χ2v) is 9.96. The van der Waals surface area contributed by atoms with Crippen molar-refractivity contribution in [2.75, 3.05) is 19.5 Å². The van der Waals surface area contributed by atoms with E-state index in [4.69, 9.17) is 9.47 Å². The van der Waals surface area contributed by atoms with E-state index < -0.39 is 0 Å². The molecule has 3 heterocycles. The van der Waals surface area contributed by atoms with E-state index in [2.05, 4.69) is 21.3 Å². The SMILES string of the molecule is COc1ccc(-c2nnc(SCC(O)=C(C#N)c3nc4ccccc4s3)n2CC2CCCO2)cc1. The molecular formula is C25H23N5O3S2. The third-order valence-corrected chi connectivity index (χ3v) is 7.75. The molecule has 0 spiro atoms. The number of fused-ring (bicyclic) bond motifs is 1. The lowest BCUT2D eigenvalue weighted by molar-refractivity contribution is 0.0953. The van der Waals surface area contributed by atoms with E-state index in [1.807, 2.05) is 53.1 Å². The molecule has 1 fully saturated rings. The highest BCUT2D eigenvalue weighted by Crippen LogP contribution is 2.31. The van der Waals surface area contributed by atoms with Gasteiger partial charge in [-0.15, -0.1) is 21.5 Å². The Hall–Kier alpha value is -3.39. The number of rotatable bonds is 8. The zero-order valence-electron chi connectivity index (χ0n) is 19.0. The second kappa shape index (κ2) is 10.5. The summed E-state index contributed by atoms with van der Waals surface area (Å²) in [4.78, 5) is 4.51. The molecule has 1 N–H and O–H groups in total. The van der Waals surface area contributed by atoms with Crippen LogP contribution in [-0.2, 0) is 11.3 Å². The molecule has 1 aliphatic heterocycles. The first-order valence-electron chi connectivity index (χ1n) is 11.2. The van der Waals surface area contributed by atoms with E-state index in [1.165, 1.54) is 23.1 Å². The fourth-order valence-corrected chi connectivity index (χ4v) is 5.73. The smallest absolute Gasteiger partial charge is 0.192 e. The largest absolute Gasteiger partial charge is 0.510 e. The van der Waals surface area contributed by atoms with E-state index in [-0.39, 0.29) is 23.2 Å². The molecule has 35 heavy (non-hydrogen) atoms. The van der Waals surface area contributed by atoms with Gasteiger partial charge in [-0.2, -0.15) is 5.26 Å². The van der Waals surface area contributed by atoms with Gasteiger partial charge in [-0.05, 0) is 49.2 Å². The highest BCUT2D eigenvalue weighted by Gasteiger charge is 2.23. The van der Waals surface area contributed by atoms with Gasteiger partial charge in [-0.25, -0.2) is 4.98 Å². The number of hydrogen-bond donors (Lipinski definition) is 1. The van der Waals surface area contributed by atoms with Gasteiger partial charge >= 0.3 is 0 Å². The Morgan fingerprint density at radius 3 is 2.80 bits per heavy atom. The van der Waals surface area contributed by atoms with Gasteiger partial charge < -0.3 is 14.6 Å². The van der Waals surface area contributed by atoms with E-state index in [9.17, 15) is 10.4 Å². The number of methoxy groups -OCH3 is 1. The first kappa shape index (κ1) is 23.4. The van der Waals surface area contributed by atoms with Gasteiger partial charge in [0.25, 0.3) is 0 Å². The van der Waals surface area contributed by atoms with Gasteiger partial charge in [0.05, 0.1) is 35.7 Å². The zero-order chi connectivity index (χ0) is 24.2. The second-order valence-electron chi connectivity index (χ2n) is 7.99. The van der Waals surface area contributed by atoms with Crippen molar-refractivity contribution in [2.24, 2.45) is 0 Å². The molecule has 5 rings (SSSR count). The summed E-state index contributed by atoms with van der Waals surface area (Å²) in [7, 11) is 1.63. The van der Waals surface area contributed by atoms with Crippen LogP contribution in [0, 0.1) is 11.3 Å². The molecule has 1 atom stereocenters. The lowest BCUT2D eigenvalue weighted by Gasteiger charge is -2.15. The predicted octanol–water partition coefficient (Wildman–Crippen LogP) is 5.33. The van der Waals surface area contributed by atoms with Crippen molar-refractivity contribution in [3.63, 3.8) is 0 Å². The van der Waals surface area contributed by atoms with Crippen LogP contribution in [-0.4, -0.2) is 50.4 Å². The first-order chi connectivity index (χ1) is 17.2. The van der Waals surface area contributed by atoms with Crippen molar-refractivity contribution in [1.29, 1.82) is 5.26 Å². The summed E-state index contributed by atoms with van der Waals surface area (Å²) in [5.74, 6) is 1.63. The number of aliphatic hydroxyl groups is 1. The number of thiazole rings is 1. The average molecular weight is 506 g/mol. The maximum Gasteiger partial charge on any atom is 0.192 e. The molecule has 0 aliphatic carbocycles. The average Bonchev–Trinajstić information content (AvgIpc) is 3.64. The number of nitrogens with zero attached hydrogens (tertiary/aromatic N) is 5. The molecule has 4 aromatic rings. The minimum atomic E-state index is -0.0331. The van der Waals surface area contributed by atoms with Gasteiger partial charge in [0.15, 0.2) is 11.0 Å². The molecule has 0 saturated carbocycles. The molecule has 0 bridgehead atoms. The Bertz CT molecular complexity index is 1370. The van der Waals surface area contributed by atoms with Crippen molar-refractivity contribution >= 4 is 38.9 Å². The van der Waals surface area contributed by atoms with Crippen LogP contribution in [0.15, 0.2) is 59.4 Å². The van der Waals surface area contributed by atoms with Gasteiger partial charge in [0.1, 0.15) is 28.2 Å². The van der Waals surface area contributed by atoms with Crippen LogP contribution in [0.4, 0.5) is 0 Å². The number of allylic oxidation sites excluding steroid dienone is 1. The number of para-hydroxylation sites is 1. The Kier molecular flexibility index (Phi) is 6.99. The summed E-state index contributed by atoms with van der Waals surface area (Å²) in [6.07, 6.45) is 2.10. The Labute approximate surface area is 210 Å². The molecule has 1 saturated heterocycles. The molecule has 2 aromatic carbocycles. The zero-order valence-corrected chi connectivity index (χ0v) is 20.7. The summed E-state index contributed by atoms with van der Waals surface area (Å²) in [6.45, 7) is 1.37. The standard InChI is InChI=1S/C25H23N5O3S2/c1-32-17-10-8-16(9-11-17)23-28-29-25(30(23)14-18-5-4-12-33-18)34-15-21(31)19(13-26)24-27-20-6-2-3-7-22(20)35-24/h2-3,6-11,18,31H,4-5,12,14-15H2,1H3. The van der Waals surface area contributed by atoms with Crippen LogP contribution >= 0.6 is 23.1 Å². The number of ether oxygens (including phenoxy) is 2. The molecule has 1 unspecified atom stereocenters. The molecule has 1 aliphatic rings. The molecule has 10 heteroatoms. The number of thioether (sulfide) groups is 1. The predicted molar refractivity (Wildman–Crippen MR) is 136 cm³/mol. The minimum Gasteiger partial charge on any atom is -0.510 e. The third kappa shape index (κ3) is 5.03. The van der Waals surface area contributed by atoms with Crippen molar-refractivity contribution < 1.29 is 14.6 Å². The third-order valence-electron chi connectivity index (χ3n) is 5.72. The monoisotopic (exact) mass is 505 g/mol. The molecule has 178 valence electrons. The lowest BCUT2D eigenvalue weighted by Crippen LogP contribution is -2.16. The van der Waals surface area contributed by atoms with E-state index in [1.54, 1.807) is 7.11 Å². The van der Waals surface area contributed by atoms with E-state index in [0.29, 0.717) is 16.7 Å². The van der Waals surface area contributed by atoms with Crippen LogP contribution < -0.4 is 4.74 Å². The summed E-state index contributed by atoms with van der Waals surface area (Å²) < 4.78 is 14.1. The quantitative estimate of drug-likeness (QED) is 0.195. The molecule has 0 amide bonds. The topological polar surface area (TPSA) is 106 Å². The van der Waals surface area contributed by atoms with E-state index in [0.717, 1.165) is 46.8 Å². The van der Waals surface area contributed by atoms with Crippen molar-refractivity contribution in [1.82, 2.24) is 19.7 Å². The van der Waals surface area contributed by atoms with Crippen LogP contribution in [0.1, 0.15) is 17.8 Å². The van der Waals surface area contributed by atoms with Crippen LogP contribution in [0.2, 0.25) is 0 Å². The summed E-state index contributed by atoms with van der Waals surface area (Å²) in [5, 5.41) is 30.6. The van der Waals surface area contributed by atoms with Gasteiger partial charge in [0, 0.05) is 12.2 Å². The fourth-order valence-electron chi connectivity index (χ4n) is 3.93. The van der Waals surface area contributed by atoms with Gasteiger partial charge in [-0.3, -0.25) is 4.57 Å². The molecule has 0 radical (unpaired) electrons. The normalized spacial score (nSPS) is 16.3. The number of aliphatic hydroxyl groups excluding tert-OH is 1. The fraction of sp³-hybridized carbons (Fsp3) is 0.280. The molecule has 2 aromatic heterocycles. The van der Waals surface area contributed by atoms with Crippen LogP contribution in [0.5, 0.6) is 5.75 Å². The summed E-state index contributed by atoms with van der Waals surface area (Å²) in [5.41, 5.74) is 1.90. The van der Waals surface area contributed by atoms with Crippen molar-refractivity contribution in [3.05, 3.63) is 59.3 Å². The molecular weight excluding hydrogens is 482 g/mol. The number of nitriles is 1. The van der Waals surface area contributed by atoms with Gasteiger partial charge in [-0.1, -0.05) is 23.9 Å². The van der Waals surface area contributed by atoms with Crippen LogP contribution in [0.25, 0.3) is 27.2 Å². The summed E-state index contributed by atoms with van der Waals surface area (Å²) >= 11 is 2.72. The highest BCUT2D eigenvalue weighted by atomic mass is 32.2. The lowest BCUT2D eigenvalue weighted by atomic mass is 10.2. The maximum absolute atomic E-state index is 10.8. The highest BCUT2D eigenvalue weighted by molar-refractivity contribution is 7.99. The van der Waals surface area contributed by atoms with Crippen LogP contribution in [0.3, 0.4) is 0 Å². The number of aromatic nitrogens is 4. The van der Waals surface area contributed by atoms with Crippen molar-refractivity contribution in [2.45, 2.75) is 30.6 Å². The Morgan fingerprint density at radius 2 is 2.09 bits per heavy atom. The number of hydrogen-bond acceptors (Lipinski definition) is 9. The first-order valence-corrected chi connectivity index (χ1v) is 13.0. The minimum absolute atomic E-state index is 0.0331. The van der Waals surface area contributed by atoms with Crippen molar-refractivity contribution in [3.8, 4) is 23.2 Å². The molecule has 8 nitrogen and oxygen atoms in total. The number of benzene rings is 2. The van der Waals surface area contributed by atoms with Gasteiger partial charge in [0.2, 0.25) is 0 Å². The Morgan fingerprint density at radius 1 is 1.26 bits per heavy atom.